The fraction of sp³-hybridized carbons (Fsp3) is 0.944. The van der Waals surface area contributed by atoms with Crippen LogP contribution in [0.25, 0.3) is 0 Å². The summed E-state index contributed by atoms with van der Waals surface area (Å²) >= 11 is 0. The lowest BCUT2D eigenvalue weighted by atomic mass is 9.95. The number of alkyl carbamates (subject to hydrolysis) is 1. The highest BCUT2D eigenvalue weighted by Crippen LogP contribution is 2.18. The average molecular weight is 312 g/mol. The highest BCUT2D eigenvalue weighted by atomic mass is 16.6. The maximum Gasteiger partial charge on any atom is 0.407 e. The summed E-state index contributed by atoms with van der Waals surface area (Å²) in [6, 6.07) is 0.658. The van der Waals surface area contributed by atoms with Gasteiger partial charge in [0.1, 0.15) is 5.60 Å². The number of ether oxygens (including phenoxy) is 1. The molecule has 0 aliphatic heterocycles. The van der Waals surface area contributed by atoms with Gasteiger partial charge in [-0.3, -0.25) is 0 Å². The molecule has 0 bridgehead atoms. The van der Waals surface area contributed by atoms with E-state index in [-0.39, 0.29) is 6.09 Å². The van der Waals surface area contributed by atoms with Gasteiger partial charge in [-0.05, 0) is 45.4 Å². The molecule has 1 saturated carbocycles. The largest absolute Gasteiger partial charge is 0.444 e. The van der Waals surface area contributed by atoms with Crippen LogP contribution in [0.1, 0.15) is 73.1 Å². The summed E-state index contributed by atoms with van der Waals surface area (Å²) in [4.78, 5) is 11.8. The summed E-state index contributed by atoms with van der Waals surface area (Å²) in [5, 5.41) is 6.64. The van der Waals surface area contributed by atoms with Gasteiger partial charge in [0.15, 0.2) is 0 Å². The monoisotopic (exact) mass is 312 g/mol. The zero-order valence-corrected chi connectivity index (χ0v) is 15.2. The lowest BCUT2D eigenvalue weighted by Crippen LogP contribution is -2.41. The van der Waals surface area contributed by atoms with E-state index >= 15 is 0 Å². The molecule has 1 rings (SSSR count). The van der Waals surface area contributed by atoms with Crippen molar-refractivity contribution in [2.45, 2.75) is 84.8 Å². The summed E-state index contributed by atoms with van der Waals surface area (Å²) in [7, 11) is 0. The van der Waals surface area contributed by atoms with E-state index in [0.717, 1.165) is 6.54 Å². The molecule has 130 valence electrons. The molecule has 4 nitrogen and oxygen atoms in total. The Kier molecular flexibility index (Phi) is 8.23. The molecule has 1 aliphatic carbocycles. The third kappa shape index (κ3) is 8.62. The molecule has 0 saturated heterocycles. The van der Waals surface area contributed by atoms with Crippen molar-refractivity contribution in [2.75, 3.05) is 13.1 Å². The molecule has 0 spiro atoms. The van der Waals surface area contributed by atoms with Crippen molar-refractivity contribution in [2.24, 2.45) is 11.8 Å². The molecule has 1 aliphatic rings. The van der Waals surface area contributed by atoms with Crippen LogP contribution >= 0.6 is 0 Å². The van der Waals surface area contributed by atoms with Crippen molar-refractivity contribution in [1.29, 1.82) is 0 Å². The number of carbonyl (C=O) groups excluding carboxylic acids is 1. The summed E-state index contributed by atoms with van der Waals surface area (Å²) in [6.45, 7) is 11.7. The molecule has 0 aromatic rings. The summed E-state index contributed by atoms with van der Waals surface area (Å²) < 4.78 is 5.31. The van der Waals surface area contributed by atoms with E-state index in [9.17, 15) is 4.79 Å². The molecule has 0 heterocycles. The Balaban J connectivity index is 2.33. The molecule has 22 heavy (non-hydrogen) atoms. The van der Waals surface area contributed by atoms with Crippen molar-refractivity contribution >= 4 is 6.09 Å². The zero-order chi connectivity index (χ0) is 16.6. The molecule has 1 amide bonds. The molecule has 1 atom stereocenters. The van der Waals surface area contributed by atoms with Gasteiger partial charge < -0.3 is 15.4 Å². The normalized spacial score (nSPS) is 18.8. The molecule has 4 heteroatoms. The fourth-order valence-corrected chi connectivity index (χ4v) is 2.87. The van der Waals surface area contributed by atoms with Crippen LogP contribution in [0.15, 0.2) is 0 Å². The second-order valence-corrected chi connectivity index (χ2v) is 7.98. The van der Waals surface area contributed by atoms with Gasteiger partial charge in [0, 0.05) is 19.1 Å². The van der Waals surface area contributed by atoms with Gasteiger partial charge in [-0.1, -0.05) is 39.5 Å². The topological polar surface area (TPSA) is 50.4 Å². The van der Waals surface area contributed by atoms with Crippen molar-refractivity contribution in [3.63, 3.8) is 0 Å². The highest BCUT2D eigenvalue weighted by molar-refractivity contribution is 5.67. The minimum atomic E-state index is -0.435. The molecular formula is C18H36N2O2. The fourth-order valence-electron chi connectivity index (χ4n) is 2.87. The molecule has 1 unspecified atom stereocenters. The molecular weight excluding hydrogens is 276 g/mol. The number of hydrogen-bond acceptors (Lipinski definition) is 3. The van der Waals surface area contributed by atoms with E-state index in [0.29, 0.717) is 24.4 Å². The Morgan fingerprint density at radius 2 is 1.68 bits per heavy atom. The highest BCUT2D eigenvalue weighted by Gasteiger charge is 2.20. The SMILES string of the molecule is CC(C)C(CNC(=O)OC(C)(C)C)CNC1CCCCCC1. The first-order valence-corrected chi connectivity index (χ1v) is 8.98. The van der Waals surface area contributed by atoms with Crippen molar-refractivity contribution in [3.8, 4) is 0 Å². The number of amides is 1. The molecule has 2 N–H and O–H groups in total. The second kappa shape index (κ2) is 9.39. The van der Waals surface area contributed by atoms with Crippen LogP contribution in [-0.2, 0) is 4.74 Å². The van der Waals surface area contributed by atoms with E-state index in [1.54, 1.807) is 0 Å². The minimum absolute atomic E-state index is 0.312. The van der Waals surface area contributed by atoms with Crippen molar-refractivity contribution in [3.05, 3.63) is 0 Å². The first-order chi connectivity index (χ1) is 10.3. The second-order valence-electron chi connectivity index (χ2n) is 7.98. The van der Waals surface area contributed by atoms with E-state index in [1.165, 1.54) is 38.5 Å². The maximum atomic E-state index is 11.8. The van der Waals surface area contributed by atoms with Crippen molar-refractivity contribution < 1.29 is 9.53 Å². The van der Waals surface area contributed by atoms with Gasteiger partial charge >= 0.3 is 6.09 Å². The van der Waals surface area contributed by atoms with E-state index in [1.807, 2.05) is 20.8 Å². The van der Waals surface area contributed by atoms with Crippen LogP contribution in [-0.4, -0.2) is 30.8 Å². The number of nitrogens with one attached hydrogen (secondary N) is 2. The molecule has 0 radical (unpaired) electrons. The van der Waals surface area contributed by atoms with Crippen LogP contribution in [0.5, 0.6) is 0 Å². The first kappa shape index (κ1) is 19.3. The van der Waals surface area contributed by atoms with Crippen LogP contribution in [0, 0.1) is 11.8 Å². The van der Waals surface area contributed by atoms with Crippen LogP contribution < -0.4 is 10.6 Å². The zero-order valence-electron chi connectivity index (χ0n) is 15.2. The molecule has 0 aromatic heterocycles. The summed E-state index contributed by atoms with van der Waals surface area (Å²) in [6.07, 6.45) is 7.74. The van der Waals surface area contributed by atoms with Gasteiger partial charge in [-0.15, -0.1) is 0 Å². The third-order valence-electron chi connectivity index (χ3n) is 4.37. The predicted molar refractivity (Wildman–Crippen MR) is 92.1 cm³/mol. The van der Waals surface area contributed by atoms with Gasteiger partial charge in [-0.25, -0.2) is 4.79 Å². The van der Waals surface area contributed by atoms with E-state index < -0.39 is 5.60 Å². The van der Waals surface area contributed by atoms with Crippen molar-refractivity contribution in [1.82, 2.24) is 10.6 Å². The Bertz CT molecular complexity index is 316. The number of rotatable bonds is 6. The predicted octanol–water partition coefficient (Wildman–Crippen LogP) is 4.10. The van der Waals surface area contributed by atoms with Gasteiger partial charge in [0.2, 0.25) is 0 Å². The first-order valence-electron chi connectivity index (χ1n) is 8.98. The minimum Gasteiger partial charge on any atom is -0.444 e. The summed E-state index contributed by atoms with van der Waals surface area (Å²) in [5.74, 6) is 0.976. The van der Waals surface area contributed by atoms with Crippen LogP contribution in [0.2, 0.25) is 0 Å². The Morgan fingerprint density at radius 1 is 1.09 bits per heavy atom. The quantitative estimate of drug-likeness (QED) is 0.726. The Hall–Kier alpha value is -0.770. The Morgan fingerprint density at radius 3 is 2.18 bits per heavy atom. The number of carbonyl (C=O) groups is 1. The molecule has 0 aromatic carbocycles. The Labute approximate surface area is 136 Å². The van der Waals surface area contributed by atoms with Gasteiger partial charge in [0.25, 0.3) is 0 Å². The smallest absolute Gasteiger partial charge is 0.407 e. The third-order valence-corrected chi connectivity index (χ3v) is 4.37. The van der Waals surface area contributed by atoms with E-state index in [4.69, 9.17) is 4.74 Å². The average Bonchev–Trinajstić information content (AvgIpc) is 2.64. The summed E-state index contributed by atoms with van der Waals surface area (Å²) in [5.41, 5.74) is -0.435. The number of hydrogen-bond donors (Lipinski definition) is 2. The lowest BCUT2D eigenvalue weighted by Gasteiger charge is -2.26. The van der Waals surface area contributed by atoms with Crippen LogP contribution in [0.3, 0.4) is 0 Å². The standard InChI is InChI=1S/C18H36N2O2/c1-14(2)15(13-20-17(21)22-18(3,4)5)12-19-16-10-8-6-7-9-11-16/h14-16,19H,6-13H2,1-5H3,(H,20,21). The lowest BCUT2D eigenvalue weighted by molar-refractivity contribution is 0.0514. The van der Waals surface area contributed by atoms with Crippen LogP contribution in [0.4, 0.5) is 4.79 Å². The van der Waals surface area contributed by atoms with Gasteiger partial charge in [-0.2, -0.15) is 0 Å². The molecule has 1 fully saturated rings. The van der Waals surface area contributed by atoms with Gasteiger partial charge in [0.05, 0.1) is 0 Å². The maximum absolute atomic E-state index is 11.8. The van der Waals surface area contributed by atoms with E-state index in [2.05, 4.69) is 24.5 Å².